The maximum atomic E-state index is 11.9. The Bertz CT molecular complexity index is 473. The summed E-state index contributed by atoms with van der Waals surface area (Å²) in [5.74, 6) is 0. The molecule has 23 heavy (non-hydrogen) atoms. The number of aromatic nitrogens is 1. The van der Waals surface area contributed by atoms with E-state index in [9.17, 15) is 4.79 Å². The molecular weight excluding hydrogens is 292 g/mol. The van der Waals surface area contributed by atoms with Gasteiger partial charge >= 0.3 is 6.09 Å². The Morgan fingerprint density at radius 2 is 2.00 bits per heavy atom. The highest BCUT2D eigenvalue weighted by molar-refractivity contribution is 5.68. The molecule has 2 atom stereocenters. The highest BCUT2D eigenvalue weighted by atomic mass is 16.6. The van der Waals surface area contributed by atoms with Gasteiger partial charge in [0, 0.05) is 37.6 Å². The van der Waals surface area contributed by atoms with Crippen LogP contribution in [0.1, 0.15) is 33.3 Å². The number of likely N-dealkylation sites (N-methyl/N-ethyl adjacent to an activating group) is 1. The van der Waals surface area contributed by atoms with Crippen molar-refractivity contribution in [2.45, 2.75) is 51.8 Å². The molecule has 130 valence electrons. The van der Waals surface area contributed by atoms with Crippen LogP contribution < -0.4 is 11.1 Å². The molecule has 0 saturated heterocycles. The van der Waals surface area contributed by atoms with Crippen LogP contribution in [0.4, 0.5) is 4.79 Å². The monoisotopic (exact) mass is 322 g/mol. The number of ether oxygens (including phenoxy) is 1. The van der Waals surface area contributed by atoms with Gasteiger partial charge in [-0.2, -0.15) is 0 Å². The Balaban J connectivity index is 2.51. The van der Waals surface area contributed by atoms with Crippen molar-refractivity contribution < 1.29 is 9.53 Å². The summed E-state index contributed by atoms with van der Waals surface area (Å²) in [6.45, 7) is 8.80. The van der Waals surface area contributed by atoms with E-state index in [-0.39, 0.29) is 12.1 Å². The molecule has 1 aromatic rings. The zero-order valence-electron chi connectivity index (χ0n) is 14.9. The van der Waals surface area contributed by atoms with Gasteiger partial charge < -0.3 is 15.8 Å². The molecule has 0 aliphatic rings. The highest BCUT2D eigenvalue weighted by Gasteiger charge is 2.24. The van der Waals surface area contributed by atoms with Crippen molar-refractivity contribution in [3.05, 3.63) is 30.1 Å². The molecule has 6 nitrogen and oxygen atoms in total. The molecule has 0 bridgehead atoms. The van der Waals surface area contributed by atoms with E-state index in [0.717, 1.165) is 13.0 Å². The van der Waals surface area contributed by atoms with Crippen LogP contribution in [0, 0.1) is 0 Å². The first-order valence-electron chi connectivity index (χ1n) is 8.01. The van der Waals surface area contributed by atoms with Crippen LogP contribution >= 0.6 is 0 Å². The Morgan fingerprint density at radius 1 is 1.39 bits per heavy atom. The summed E-state index contributed by atoms with van der Waals surface area (Å²) >= 11 is 0. The van der Waals surface area contributed by atoms with Crippen LogP contribution in [0.15, 0.2) is 24.5 Å². The number of carbonyl (C=O) groups is 1. The third-order valence-electron chi connectivity index (χ3n) is 3.63. The molecule has 1 aromatic heterocycles. The Morgan fingerprint density at radius 3 is 2.52 bits per heavy atom. The van der Waals surface area contributed by atoms with E-state index in [1.165, 1.54) is 5.56 Å². The second kappa shape index (κ2) is 8.84. The summed E-state index contributed by atoms with van der Waals surface area (Å²) in [5, 5.41) is 2.87. The third-order valence-corrected chi connectivity index (χ3v) is 3.63. The van der Waals surface area contributed by atoms with Crippen molar-refractivity contribution in [3.8, 4) is 0 Å². The summed E-state index contributed by atoms with van der Waals surface area (Å²) in [4.78, 5) is 18.1. The first-order chi connectivity index (χ1) is 10.7. The fourth-order valence-corrected chi connectivity index (χ4v) is 2.38. The minimum Gasteiger partial charge on any atom is -0.444 e. The number of nitrogens with zero attached hydrogens (tertiary/aromatic N) is 2. The standard InChI is InChI=1S/C17H30N4O2/c1-13(20-16(22)23-17(2,3)4)15(12-18)21(5)11-8-14-6-9-19-10-7-14/h6-7,9-10,13,15H,8,11-12,18H2,1-5H3,(H,20,22). The summed E-state index contributed by atoms with van der Waals surface area (Å²) in [7, 11) is 2.02. The largest absolute Gasteiger partial charge is 0.444 e. The van der Waals surface area contributed by atoms with E-state index < -0.39 is 11.7 Å². The van der Waals surface area contributed by atoms with Gasteiger partial charge in [-0.3, -0.25) is 9.88 Å². The predicted molar refractivity (Wildman–Crippen MR) is 92.2 cm³/mol. The summed E-state index contributed by atoms with van der Waals surface area (Å²) in [5.41, 5.74) is 6.63. The van der Waals surface area contributed by atoms with Gasteiger partial charge in [0.05, 0.1) is 0 Å². The minimum atomic E-state index is -0.505. The number of hydrogen-bond acceptors (Lipinski definition) is 5. The fraction of sp³-hybridized carbons (Fsp3) is 0.647. The quantitative estimate of drug-likeness (QED) is 0.800. The van der Waals surface area contributed by atoms with E-state index in [4.69, 9.17) is 10.5 Å². The zero-order chi connectivity index (χ0) is 17.5. The Hall–Kier alpha value is -1.66. The number of carbonyl (C=O) groups excluding carboxylic acids is 1. The van der Waals surface area contributed by atoms with E-state index in [2.05, 4.69) is 15.2 Å². The topological polar surface area (TPSA) is 80.5 Å². The number of alkyl carbamates (subject to hydrolysis) is 1. The Labute approximate surface area is 139 Å². The minimum absolute atomic E-state index is 0.0457. The third kappa shape index (κ3) is 7.43. The molecule has 1 amide bonds. The smallest absolute Gasteiger partial charge is 0.407 e. The van der Waals surface area contributed by atoms with Crippen LogP contribution in [0.25, 0.3) is 0 Å². The number of pyridine rings is 1. The van der Waals surface area contributed by atoms with Crippen LogP contribution in [0.2, 0.25) is 0 Å². The molecule has 1 rings (SSSR count). The average molecular weight is 322 g/mol. The van der Waals surface area contributed by atoms with Crippen molar-refractivity contribution >= 4 is 6.09 Å². The van der Waals surface area contributed by atoms with Gasteiger partial charge in [-0.1, -0.05) is 0 Å². The van der Waals surface area contributed by atoms with Crippen LogP contribution in [-0.4, -0.2) is 53.8 Å². The maximum absolute atomic E-state index is 11.9. The molecule has 0 spiro atoms. The average Bonchev–Trinajstić information content (AvgIpc) is 2.44. The second-order valence-corrected chi connectivity index (χ2v) is 6.82. The number of nitrogens with two attached hydrogens (primary N) is 1. The van der Waals surface area contributed by atoms with Gasteiger partial charge in [0.2, 0.25) is 0 Å². The van der Waals surface area contributed by atoms with Crippen LogP contribution in [-0.2, 0) is 11.2 Å². The molecule has 1 heterocycles. The van der Waals surface area contributed by atoms with Crippen LogP contribution in [0.5, 0.6) is 0 Å². The molecule has 6 heteroatoms. The van der Waals surface area contributed by atoms with E-state index >= 15 is 0 Å². The van der Waals surface area contributed by atoms with E-state index in [0.29, 0.717) is 6.54 Å². The zero-order valence-corrected chi connectivity index (χ0v) is 14.9. The summed E-state index contributed by atoms with van der Waals surface area (Å²) in [6.07, 6.45) is 4.09. The number of nitrogens with one attached hydrogen (secondary N) is 1. The molecule has 2 unspecified atom stereocenters. The predicted octanol–water partition coefficient (Wildman–Crippen LogP) is 1.80. The molecule has 0 aliphatic carbocycles. The number of amides is 1. The lowest BCUT2D eigenvalue weighted by Gasteiger charge is -2.33. The van der Waals surface area contributed by atoms with Gasteiger partial charge in [-0.05, 0) is 58.9 Å². The van der Waals surface area contributed by atoms with Gasteiger partial charge in [0.1, 0.15) is 5.60 Å². The van der Waals surface area contributed by atoms with Crippen molar-refractivity contribution in [1.82, 2.24) is 15.2 Å². The van der Waals surface area contributed by atoms with Gasteiger partial charge in [0.25, 0.3) is 0 Å². The first-order valence-corrected chi connectivity index (χ1v) is 8.01. The number of rotatable bonds is 7. The summed E-state index contributed by atoms with van der Waals surface area (Å²) < 4.78 is 5.30. The lowest BCUT2D eigenvalue weighted by atomic mass is 10.1. The molecule has 0 aromatic carbocycles. The SMILES string of the molecule is CC(NC(=O)OC(C)(C)C)C(CN)N(C)CCc1ccncc1. The molecule has 0 saturated carbocycles. The van der Waals surface area contributed by atoms with Gasteiger partial charge in [-0.25, -0.2) is 4.79 Å². The van der Waals surface area contributed by atoms with Crippen LogP contribution in [0.3, 0.4) is 0 Å². The maximum Gasteiger partial charge on any atom is 0.407 e. The normalized spacial score (nSPS) is 14.4. The van der Waals surface area contributed by atoms with Crippen molar-refractivity contribution in [2.24, 2.45) is 5.73 Å². The second-order valence-electron chi connectivity index (χ2n) is 6.82. The van der Waals surface area contributed by atoms with E-state index in [1.807, 2.05) is 46.9 Å². The molecule has 0 fully saturated rings. The van der Waals surface area contributed by atoms with Crippen molar-refractivity contribution in [2.75, 3.05) is 20.1 Å². The number of hydrogen-bond donors (Lipinski definition) is 2. The van der Waals surface area contributed by atoms with Crippen molar-refractivity contribution in [1.29, 1.82) is 0 Å². The Kier molecular flexibility index (Phi) is 7.45. The highest BCUT2D eigenvalue weighted by Crippen LogP contribution is 2.09. The fourth-order valence-electron chi connectivity index (χ4n) is 2.38. The first kappa shape index (κ1) is 19.4. The van der Waals surface area contributed by atoms with E-state index in [1.54, 1.807) is 12.4 Å². The summed E-state index contributed by atoms with van der Waals surface area (Å²) in [6, 6.07) is 3.96. The molecular formula is C17H30N4O2. The lowest BCUT2D eigenvalue weighted by molar-refractivity contribution is 0.0478. The molecule has 0 aliphatic heterocycles. The van der Waals surface area contributed by atoms with Gasteiger partial charge in [-0.15, -0.1) is 0 Å². The van der Waals surface area contributed by atoms with Gasteiger partial charge in [0.15, 0.2) is 0 Å². The lowest BCUT2D eigenvalue weighted by Crippen LogP contribution is -2.53. The van der Waals surface area contributed by atoms with Crippen molar-refractivity contribution in [3.63, 3.8) is 0 Å². The molecule has 0 radical (unpaired) electrons. The molecule has 3 N–H and O–H groups in total.